The monoisotopic (exact) mass is 419 g/mol. The Morgan fingerprint density at radius 2 is 2.10 bits per heavy atom. The van der Waals surface area contributed by atoms with Crippen molar-refractivity contribution in [2.24, 2.45) is 5.18 Å². The zero-order chi connectivity index (χ0) is 22.7. The van der Waals surface area contributed by atoms with Crippen LogP contribution in [0.3, 0.4) is 0 Å². The van der Waals surface area contributed by atoms with Gasteiger partial charge in [0.25, 0.3) is 0 Å². The third-order valence-electron chi connectivity index (χ3n) is 5.48. The summed E-state index contributed by atoms with van der Waals surface area (Å²) in [4.78, 5) is 28.5. The van der Waals surface area contributed by atoms with Crippen LogP contribution in [0.25, 0.3) is 16.6 Å². The van der Waals surface area contributed by atoms with E-state index in [4.69, 9.17) is 14.8 Å². The van der Waals surface area contributed by atoms with Crippen LogP contribution in [0.1, 0.15) is 36.2 Å². The smallest absolute Gasteiger partial charge is 0.470 e. The lowest BCUT2D eigenvalue weighted by atomic mass is 9.97. The molecule has 0 unspecified atom stereocenters. The second-order valence-electron chi connectivity index (χ2n) is 7.34. The second-order valence-corrected chi connectivity index (χ2v) is 7.34. The largest absolute Gasteiger partial charge is 0.516 e. The second kappa shape index (κ2) is 8.95. The minimum atomic E-state index is -1.12. The fraction of sp³-hybridized carbons (Fsp3) is 0.250. The maximum absolute atomic E-state index is 11.1. The summed E-state index contributed by atoms with van der Waals surface area (Å²) < 4.78 is 4.91. The van der Waals surface area contributed by atoms with Crippen molar-refractivity contribution >= 4 is 22.7 Å². The number of fused-ring (bicyclic) bond motifs is 4. The van der Waals surface area contributed by atoms with E-state index in [0.29, 0.717) is 6.54 Å². The summed E-state index contributed by atoms with van der Waals surface area (Å²) in [5.74, 6) is 0. The summed E-state index contributed by atoms with van der Waals surface area (Å²) in [7, 11) is 0. The number of amides is 1. The number of aliphatic hydroxyl groups is 1. The van der Waals surface area contributed by atoms with E-state index in [0.717, 1.165) is 46.4 Å². The lowest BCUT2D eigenvalue weighted by Crippen LogP contribution is -2.22. The fourth-order valence-corrected chi connectivity index (χ4v) is 4.07. The molecule has 1 aromatic carbocycles. The van der Waals surface area contributed by atoms with Gasteiger partial charge in [-0.25, -0.2) is 9.78 Å². The molecule has 0 fully saturated rings. The predicted octanol–water partition coefficient (Wildman–Crippen LogP) is 5.70. The molecule has 0 spiro atoms. The minimum absolute atomic E-state index is 0.0267. The topological polar surface area (TPSA) is 92.1 Å². The van der Waals surface area contributed by atoms with Crippen LogP contribution >= 0.6 is 0 Å². The Kier molecular flexibility index (Phi) is 6.34. The van der Waals surface area contributed by atoms with Gasteiger partial charge in [-0.2, -0.15) is 0 Å². The SMILES string of the molecule is C=C1C(COC(=O)N=O)=C(C)C=C2c3nc4ccc(C)cc4c(CC)c3CN12.C=CO. The van der Waals surface area contributed by atoms with Crippen molar-refractivity contribution in [3.8, 4) is 0 Å². The first-order valence-corrected chi connectivity index (χ1v) is 9.92. The normalized spacial score (nSPS) is 14.4. The molecule has 31 heavy (non-hydrogen) atoms. The zero-order valence-electron chi connectivity index (χ0n) is 17.9. The van der Waals surface area contributed by atoms with Crippen molar-refractivity contribution in [3.05, 3.63) is 87.8 Å². The molecule has 3 heterocycles. The highest BCUT2D eigenvalue weighted by atomic mass is 16.6. The van der Waals surface area contributed by atoms with Gasteiger partial charge in [0.2, 0.25) is 0 Å². The maximum atomic E-state index is 11.1. The molecule has 2 aliphatic rings. The average molecular weight is 419 g/mol. The number of pyridine rings is 1. The molecular formula is C24H25N3O4. The zero-order valence-corrected chi connectivity index (χ0v) is 17.9. The molecule has 0 aliphatic carbocycles. The van der Waals surface area contributed by atoms with Crippen LogP contribution in [-0.4, -0.2) is 27.7 Å². The Morgan fingerprint density at radius 1 is 1.39 bits per heavy atom. The van der Waals surface area contributed by atoms with E-state index in [1.54, 1.807) is 0 Å². The number of aryl methyl sites for hydroxylation is 2. The molecule has 1 aromatic heterocycles. The van der Waals surface area contributed by atoms with Crippen molar-refractivity contribution in [1.82, 2.24) is 9.88 Å². The van der Waals surface area contributed by atoms with Crippen molar-refractivity contribution in [2.45, 2.75) is 33.7 Å². The Bertz CT molecular complexity index is 1160. The number of carbonyl (C=O) groups is 1. The number of nitrogens with zero attached hydrogens (tertiary/aromatic N) is 3. The van der Waals surface area contributed by atoms with E-state index in [-0.39, 0.29) is 6.61 Å². The van der Waals surface area contributed by atoms with Crippen LogP contribution in [0.2, 0.25) is 0 Å². The van der Waals surface area contributed by atoms with Gasteiger partial charge in [-0.05, 0) is 49.6 Å². The summed E-state index contributed by atoms with van der Waals surface area (Å²) >= 11 is 0. The van der Waals surface area contributed by atoms with E-state index in [1.807, 2.05) is 13.0 Å². The molecule has 0 radical (unpaired) electrons. The number of aromatic nitrogens is 1. The van der Waals surface area contributed by atoms with Crippen LogP contribution in [0, 0.1) is 11.8 Å². The van der Waals surface area contributed by atoms with E-state index in [9.17, 15) is 9.70 Å². The summed E-state index contributed by atoms with van der Waals surface area (Å²) in [5, 5.41) is 10.8. The first kappa shape index (κ1) is 22.0. The van der Waals surface area contributed by atoms with Crippen molar-refractivity contribution in [1.29, 1.82) is 0 Å². The van der Waals surface area contributed by atoms with Gasteiger partial charge in [-0.15, -0.1) is 4.91 Å². The molecule has 0 saturated carbocycles. The molecule has 2 aliphatic heterocycles. The number of hydrogen-bond acceptors (Lipinski definition) is 6. The number of ether oxygens (including phenoxy) is 1. The molecule has 7 heteroatoms. The Balaban J connectivity index is 0.000000858. The Labute approximate surface area is 181 Å². The minimum Gasteiger partial charge on any atom is -0.516 e. The van der Waals surface area contributed by atoms with Gasteiger partial charge < -0.3 is 14.7 Å². The molecule has 0 bridgehead atoms. The van der Waals surface area contributed by atoms with Gasteiger partial charge in [0.05, 0.1) is 34.9 Å². The molecule has 7 nitrogen and oxygen atoms in total. The number of rotatable bonds is 3. The summed E-state index contributed by atoms with van der Waals surface area (Å²) in [5.41, 5.74) is 9.21. The number of nitroso groups, excluding NO2 is 1. The van der Waals surface area contributed by atoms with Gasteiger partial charge in [0.15, 0.2) is 0 Å². The number of allylic oxidation sites excluding steroid dienone is 2. The Hall–Kier alpha value is -3.74. The molecule has 1 amide bonds. The first-order valence-electron chi connectivity index (χ1n) is 9.92. The van der Waals surface area contributed by atoms with E-state index < -0.39 is 6.09 Å². The number of hydrogen-bond donors (Lipinski definition) is 1. The molecular weight excluding hydrogens is 394 g/mol. The molecule has 160 valence electrons. The third-order valence-corrected chi connectivity index (χ3v) is 5.48. The number of carbonyl (C=O) groups excluding carboxylic acids is 1. The summed E-state index contributed by atoms with van der Waals surface area (Å²) in [6, 6.07) is 6.36. The maximum Gasteiger partial charge on any atom is 0.470 e. The lowest BCUT2D eigenvalue weighted by Gasteiger charge is -2.29. The molecule has 4 rings (SSSR count). The highest BCUT2D eigenvalue weighted by Crippen LogP contribution is 2.43. The lowest BCUT2D eigenvalue weighted by molar-refractivity contribution is 0.166. The third kappa shape index (κ3) is 3.99. The van der Waals surface area contributed by atoms with E-state index >= 15 is 0 Å². The van der Waals surface area contributed by atoms with Crippen LogP contribution in [-0.2, 0) is 17.7 Å². The summed E-state index contributed by atoms with van der Waals surface area (Å²) in [6.45, 7) is 14.0. The Morgan fingerprint density at radius 3 is 2.74 bits per heavy atom. The van der Waals surface area contributed by atoms with Gasteiger partial charge in [-0.3, -0.25) is 0 Å². The first-order chi connectivity index (χ1) is 14.9. The molecule has 0 saturated heterocycles. The van der Waals surface area contributed by atoms with Gasteiger partial charge >= 0.3 is 6.09 Å². The highest BCUT2D eigenvalue weighted by Gasteiger charge is 2.34. The highest BCUT2D eigenvalue weighted by molar-refractivity contribution is 5.89. The van der Waals surface area contributed by atoms with Gasteiger partial charge in [0, 0.05) is 22.2 Å². The van der Waals surface area contributed by atoms with Crippen LogP contribution in [0.4, 0.5) is 4.79 Å². The standard InChI is InChI=1S/C22H21N3O3.C2H4O/c1-5-15-16-8-12(2)6-7-19(16)23-21-17(15)10-25-14(4)18(11-28-22(26)24-27)13(3)9-20(21)25;1-2-3/h6-9H,4-5,10-11H2,1-3H3;2-3H,1H2. The van der Waals surface area contributed by atoms with Crippen molar-refractivity contribution < 1.29 is 14.6 Å². The molecule has 1 N–H and O–H groups in total. The quantitative estimate of drug-likeness (QED) is 0.507. The van der Waals surface area contributed by atoms with Crippen LogP contribution < -0.4 is 0 Å². The summed E-state index contributed by atoms with van der Waals surface area (Å²) in [6.07, 6.45) is 2.59. The van der Waals surface area contributed by atoms with Gasteiger partial charge in [-0.1, -0.05) is 31.7 Å². The van der Waals surface area contributed by atoms with Crippen LogP contribution in [0.5, 0.6) is 0 Å². The fourth-order valence-electron chi connectivity index (χ4n) is 4.07. The van der Waals surface area contributed by atoms with E-state index in [1.165, 1.54) is 22.1 Å². The number of benzene rings is 1. The van der Waals surface area contributed by atoms with Crippen LogP contribution in [0.15, 0.2) is 65.7 Å². The van der Waals surface area contributed by atoms with Crippen molar-refractivity contribution in [3.63, 3.8) is 0 Å². The molecule has 0 atom stereocenters. The molecule has 2 aromatic rings. The average Bonchev–Trinajstić information content (AvgIpc) is 3.10. The van der Waals surface area contributed by atoms with Gasteiger partial charge in [0.1, 0.15) is 6.61 Å². The van der Waals surface area contributed by atoms with Crippen molar-refractivity contribution in [2.75, 3.05) is 6.61 Å². The predicted molar refractivity (Wildman–Crippen MR) is 121 cm³/mol. The number of aliphatic hydroxyl groups excluding tert-OH is 1. The van der Waals surface area contributed by atoms with E-state index in [2.05, 4.69) is 55.3 Å².